The summed E-state index contributed by atoms with van der Waals surface area (Å²) in [6.07, 6.45) is 5.00. The molecule has 112 valence electrons. The van der Waals surface area contributed by atoms with Crippen molar-refractivity contribution < 1.29 is 0 Å². The van der Waals surface area contributed by atoms with E-state index in [4.69, 9.17) is 0 Å². The van der Waals surface area contributed by atoms with Crippen LogP contribution in [0.25, 0.3) is 11.1 Å². The third-order valence-corrected chi connectivity index (χ3v) is 3.73. The van der Waals surface area contributed by atoms with E-state index in [1.165, 1.54) is 16.7 Å². The minimum absolute atomic E-state index is 0.0535. The molecule has 0 amide bonds. The summed E-state index contributed by atoms with van der Waals surface area (Å²) >= 11 is 0. The molecule has 0 saturated heterocycles. The Labute approximate surface area is 133 Å². The van der Waals surface area contributed by atoms with E-state index in [2.05, 4.69) is 86.7 Å². The molecule has 0 aliphatic heterocycles. The first kappa shape index (κ1) is 16.0. The van der Waals surface area contributed by atoms with Crippen LogP contribution in [0.3, 0.4) is 0 Å². The largest absolute Gasteiger partial charge is 0.288 e. The summed E-state index contributed by atoms with van der Waals surface area (Å²) in [4.78, 5) is 4.31. The minimum Gasteiger partial charge on any atom is -0.288 e. The normalized spacial score (nSPS) is 12.7. The van der Waals surface area contributed by atoms with E-state index in [1.54, 1.807) is 0 Å². The standard InChI is InChI=1S/C21H23N/c1-5-9-17(6-2)21(22-4)20-13-8-12-19(15-20)18-11-7-10-16(3)14-18/h6-15,21H,2,4-5H2,1,3H3/b17-9+. The highest BCUT2D eigenvalue weighted by Gasteiger charge is 2.12. The van der Waals surface area contributed by atoms with Crippen molar-refractivity contribution in [3.8, 4) is 11.1 Å². The molecule has 0 N–H and O–H groups in total. The third-order valence-electron chi connectivity index (χ3n) is 3.73. The van der Waals surface area contributed by atoms with Crippen LogP contribution in [-0.4, -0.2) is 6.72 Å². The van der Waals surface area contributed by atoms with Gasteiger partial charge in [0.1, 0.15) is 0 Å². The van der Waals surface area contributed by atoms with Crippen LogP contribution in [0.2, 0.25) is 0 Å². The van der Waals surface area contributed by atoms with Crippen LogP contribution < -0.4 is 0 Å². The highest BCUT2D eigenvalue weighted by Crippen LogP contribution is 2.30. The molecule has 22 heavy (non-hydrogen) atoms. The smallest absolute Gasteiger partial charge is 0.0989 e. The van der Waals surface area contributed by atoms with E-state index >= 15 is 0 Å². The maximum atomic E-state index is 4.31. The Bertz CT molecular complexity index is 695. The second kappa shape index (κ2) is 7.56. The van der Waals surface area contributed by atoms with Gasteiger partial charge in [0.05, 0.1) is 6.04 Å². The molecule has 0 bridgehead atoms. The number of benzene rings is 2. The molecule has 0 spiro atoms. The first-order valence-electron chi connectivity index (χ1n) is 7.65. The lowest BCUT2D eigenvalue weighted by molar-refractivity contribution is 0.873. The molecular weight excluding hydrogens is 266 g/mol. The summed E-state index contributed by atoms with van der Waals surface area (Å²) in [5.74, 6) is 0. The maximum absolute atomic E-state index is 4.31. The molecule has 0 aliphatic carbocycles. The van der Waals surface area contributed by atoms with Crippen molar-refractivity contribution in [2.24, 2.45) is 4.99 Å². The molecule has 1 atom stereocenters. The molecule has 0 aliphatic rings. The predicted molar refractivity (Wildman–Crippen MR) is 97.5 cm³/mol. The molecule has 0 fully saturated rings. The predicted octanol–water partition coefficient (Wildman–Crippen LogP) is 5.93. The van der Waals surface area contributed by atoms with Gasteiger partial charge in [-0.25, -0.2) is 0 Å². The molecule has 0 radical (unpaired) electrons. The zero-order valence-corrected chi connectivity index (χ0v) is 13.4. The zero-order valence-electron chi connectivity index (χ0n) is 13.4. The quantitative estimate of drug-likeness (QED) is 0.462. The third kappa shape index (κ3) is 3.62. The average molecular weight is 289 g/mol. The van der Waals surface area contributed by atoms with Crippen molar-refractivity contribution in [2.75, 3.05) is 0 Å². The second-order valence-corrected chi connectivity index (χ2v) is 5.40. The molecule has 1 unspecified atom stereocenters. The van der Waals surface area contributed by atoms with E-state index in [0.29, 0.717) is 0 Å². The number of hydrogen-bond donors (Lipinski definition) is 0. The fraction of sp³-hybridized carbons (Fsp3) is 0.190. The summed E-state index contributed by atoms with van der Waals surface area (Å²) < 4.78 is 0. The van der Waals surface area contributed by atoms with Crippen LogP contribution >= 0.6 is 0 Å². The lowest BCUT2D eigenvalue weighted by atomic mass is 9.94. The van der Waals surface area contributed by atoms with E-state index in [1.807, 2.05) is 6.08 Å². The first-order chi connectivity index (χ1) is 10.7. The molecule has 0 saturated carbocycles. The topological polar surface area (TPSA) is 12.4 Å². The van der Waals surface area contributed by atoms with Crippen molar-refractivity contribution >= 4 is 6.72 Å². The first-order valence-corrected chi connectivity index (χ1v) is 7.65. The van der Waals surface area contributed by atoms with Crippen LogP contribution in [0.1, 0.15) is 30.5 Å². The Kier molecular flexibility index (Phi) is 5.48. The van der Waals surface area contributed by atoms with Gasteiger partial charge in [0, 0.05) is 0 Å². The Morgan fingerprint density at radius 2 is 1.82 bits per heavy atom. The number of hydrogen-bond acceptors (Lipinski definition) is 1. The van der Waals surface area contributed by atoms with Gasteiger partial charge in [0.25, 0.3) is 0 Å². The summed E-state index contributed by atoms with van der Waals surface area (Å²) in [5.41, 5.74) is 5.95. The molecule has 0 heterocycles. The molecule has 2 rings (SSSR count). The van der Waals surface area contributed by atoms with Crippen LogP contribution in [0.4, 0.5) is 0 Å². The van der Waals surface area contributed by atoms with Crippen LogP contribution in [-0.2, 0) is 0 Å². The molecule has 2 aromatic rings. The Morgan fingerprint density at radius 3 is 2.41 bits per heavy atom. The summed E-state index contributed by atoms with van der Waals surface area (Å²) in [7, 11) is 0. The molecule has 2 aromatic carbocycles. The van der Waals surface area contributed by atoms with E-state index < -0.39 is 0 Å². The zero-order chi connectivity index (χ0) is 15.9. The SMILES string of the molecule is C=C/C(=C\CC)C(N=C)c1cccc(-c2cccc(C)c2)c1. The van der Waals surface area contributed by atoms with Crippen molar-refractivity contribution in [2.45, 2.75) is 26.3 Å². The summed E-state index contributed by atoms with van der Waals surface area (Å²) in [6.45, 7) is 11.9. The van der Waals surface area contributed by atoms with E-state index in [0.717, 1.165) is 17.6 Å². The minimum atomic E-state index is -0.0535. The Hall–Kier alpha value is -2.41. The number of nitrogens with zero attached hydrogens (tertiary/aromatic N) is 1. The fourth-order valence-electron chi connectivity index (χ4n) is 2.66. The highest BCUT2D eigenvalue weighted by molar-refractivity contribution is 5.65. The van der Waals surface area contributed by atoms with Gasteiger partial charge in [0.2, 0.25) is 0 Å². The van der Waals surface area contributed by atoms with Gasteiger partial charge < -0.3 is 0 Å². The molecule has 1 nitrogen and oxygen atoms in total. The monoisotopic (exact) mass is 289 g/mol. The number of rotatable bonds is 6. The Morgan fingerprint density at radius 1 is 1.14 bits per heavy atom. The lowest BCUT2D eigenvalue weighted by Crippen LogP contribution is -1.98. The highest BCUT2D eigenvalue weighted by atomic mass is 14.7. The maximum Gasteiger partial charge on any atom is 0.0989 e. The van der Waals surface area contributed by atoms with Crippen molar-refractivity contribution in [3.63, 3.8) is 0 Å². The molecular formula is C21H23N. The summed E-state index contributed by atoms with van der Waals surface area (Å²) in [5, 5.41) is 0. The van der Waals surface area contributed by atoms with Crippen molar-refractivity contribution in [1.82, 2.24) is 0 Å². The van der Waals surface area contributed by atoms with E-state index in [9.17, 15) is 0 Å². The number of aliphatic imine (C=N–C) groups is 1. The van der Waals surface area contributed by atoms with Gasteiger partial charge in [-0.15, -0.1) is 0 Å². The molecule has 1 heteroatoms. The number of aryl methyl sites for hydroxylation is 1. The van der Waals surface area contributed by atoms with Gasteiger partial charge in [-0.1, -0.05) is 73.7 Å². The van der Waals surface area contributed by atoms with Gasteiger partial charge in [-0.3, -0.25) is 4.99 Å². The van der Waals surface area contributed by atoms with Gasteiger partial charge in [-0.2, -0.15) is 0 Å². The van der Waals surface area contributed by atoms with Crippen molar-refractivity contribution in [3.05, 3.63) is 84.0 Å². The Balaban J connectivity index is 2.44. The van der Waals surface area contributed by atoms with Crippen molar-refractivity contribution in [1.29, 1.82) is 0 Å². The van der Waals surface area contributed by atoms with E-state index in [-0.39, 0.29) is 6.04 Å². The van der Waals surface area contributed by atoms with Crippen LogP contribution in [0, 0.1) is 6.92 Å². The van der Waals surface area contributed by atoms with Gasteiger partial charge >= 0.3 is 0 Å². The fourth-order valence-corrected chi connectivity index (χ4v) is 2.66. The van der Waals surface area contributed by atoms with Gasteiger partial charge in [0.15, 0.2) is 0 Å². The number of allylic oxidation sites excluding steroid dienone is 1. The van der Waals surface area contributed by atoms with Crippen LogP contribution in [0.15, 0.2) is 77.8 Å². The molecule has 0 aromatic heterocycles. The lowest BCUT2D eigenvalue weighted by Gasteiger charge is -2.15. The second-order valence-electron chi connectivity index (χ2n) is 5.40. The average Bonchev–Trinajstić information content (AvgIpc) is 2.55. The summed E-state index contributed by atoms with van der Waals surface area (Å²) in [6, 6.07) is 17.0. The van der Waals surface area contributed by atoms with Gasteiger partial charge in [-0.05, 0) is 48.4 Å². The van der Waals surface area contributed by atoms with Crippen LogP contribution in [0.5, 0.6) is 0 Å².